The minimum absolute atomic E-state index is 0.0511. The number of hydrogen-bond donors (Lipinski definition) is 1. The molecule has 0 radical (unpaired) electrons. The van der Waals surface area contributed by atoms with E-state index >= 15 is 0 Å². The Bertz CT molecular complexity index is 843. The van der Waals surface area contributed by atoms with Gasteiger partial charge in [0.2, 0.25) is 0 Å². The van der Waals surface area contributed by atoms with Crippen molar-refractivity contribution in [3.05, 3.63) is 35.8 Å². The van der Waals surface area contributed by atoms with Crippen molar-refractivity contribution >= 4 is 10.4 Å². The molecule has 5 atom stereocenters. The number of fused-ring (bicyclic) bond motifs is 1. The van der Waals surface area contributed by atoms with Gasteiger partial charge in [0, 0.05) is 0 Å². The first-order valence-corrected chi connectivity index (χ1v) is 13.2. The summed E-state index contributed by atoms with van der Waals surface area (Å²) in [5.74, 6) is 1.40. The van der Waals surface area contributed by atoms with Gasteiger partial charge in [0.25, 0.3) is 0 Å². The number of allylic oxidation sites excluding steroid dienone is 2. The van der Waals surface area contributed by atoms with Crippen LogP contribution in [0.3, 0.4) is 0 Å². The molecule has 2 aliphatic rings. The van der Waals surface area contributed by atoms with Crippen LogP contribution in [0.5, 0.6) is 0 Å². The molecular weight excluding hydrogens is 412 g/mol. The average Bonchev–Trinajstić information content (AvgIpc) is 3.21. The molecule has 1 aromatic heterocycles. The van der Waals surface area contributed by atoms with Crippen LogP contribution in [0.1, 0.15) is 84.6 Å². The molecule has 0 unspecified atom stereocenters. The van der Waals surface area contributed by atoms with Gasteiger partial charge in [-0.1, -0.05) is 32.4 Å². The number of rotatable bonds is 10. The molecule has 1 aromatic rings. The summed E-state index contributed by atoms with van der Waals surface area (Å²) >= 11 is 0. The minimum Gasteiger partial charge on any atom is -0.472 e. The second kappa shape index (κ2) is 9.80. The quantitative estimate of drug-likeness (QED) is 0.319. The zero-order valence-corrected chi connectivity index (χ0v) is 20.4. The van der Waals surface area contributed by atoms with E-state index < -0.39 is 10.4 Å². The molecule has 0 bridgehead atoms. The van der Waals surface area contributed by atoms with Crippen LogP contribution in [0.15, 0.2) is 34.7 Å². The SMILES string of the molecule is CC1=CCC[C@@H]2[C@@](C)(CC[C@H](CCCc3ccoc3)COS(=O)(=O)O)[C@H](C)CC[C@]12C. The molecule has 1 heterocycles. The van der Waals surface area contributed by atoms with E-state index in [4.69, 9.17) is 13.2 Å². The highest BCUT2D eigenvalue weighted by Gasteiger charge is 2.52. The third-order valence-corrected chi connectivity index (χ3v) is 9.23. The van der Waals surface area contributed by atoms with Crippen molar-refractivity contribution in [2.24, 2.45) is 28.6 Å². The molecule has 0 amide bonds. The lowest BCUT2D eigenvalue weighted by molar-refractivity contribution is -0.0514. The number of furan rings is 1. The Hall–Kier alpha value is -1.11. The van der Waals surface area contributed by atoms with Gasteiger partial charge in [-0.15, -0.1) is 0 Å². The lowest BCUT2D eigenvalue weighted by atomic mass is 9.47. The standard InChI is InChI=1S/C25H40O5S/c1-19-7-5-10-23-24(19,3)14-11-20(2)25(23,4)15-12-21(18-30-31(26,27)28)8-6-9-22-13-16-29-17-22/h7,13,16-17,20-21,23H,5-6,8-12,14-15,18H2,1-4H3,(H,26,27,28)/t20-,21+,23+,24-,25+/m1/s1. The third-order valence-electron chi connectivity index (χ3n) is 8.80. The van der Waals surface area contributed by atoms with Crippen LogP contribution in [-0.4, -0.2) is 19.6 Å². The maximum atomic E-state index is 11.2. The van der Waals surface area contributed by atoms with E-state index in [1.165, 1.54) is 19.3 Å². The molecule has 31 heavy (non-hydrogen) atoms. The molecule has 2 aliphatic carbocycles. The Morgan fingerprint density at radius 1 is 1.29 bits per heavy atom. The van der Waals surface area contributed by atoms with E-state index in [1.807, 2.05) is 6.07 Å². The molecule has 0 saturated heterocycles. The number of aryl methyl sites for hydroxylation is 1. The first-order valence-electron chi connectivity index (χ1n) is 11.8. The summed E-state index contributed by atoms with van der Waals surface area (Å²) in [4.78, 5) is 0. The average molecular weight is 453 g/mol. The van der Waals surface area contributed by atoms with Gasteiger partial charge < -0.3 is 4.42 Å². The summed E-state index contributed by atoms with van der Waals surface area (Å²) in [6, 6.07) is 1.97. The molecule has 1 fully saturated rings. The Morgan fingerprint density at radius 3 is 2.74 bits per heavy atom. The summed E-state index contributed by atoms with van der Waals surface area (Å²) in [5.41, 5.74) is 3.21. The van der Waals surface area contributed by atoms with E-state index in [1.54, 1.807) is 18.1 Å². The fourth-order valence-electron chi connectivity index (χ4n) is 6.37. The van der Waals surface area contributed by atoms with Gasteiger partial charge in [0.15, 0.2) is 0 Å². The summed E-state index contributed by atoms with van der Waals surface area (Å²) < 4.78 is 41.5. The molecule has 3 rings (SSSR count). The van der Waals surface area contributed by atoms with Crippen molar-refractivity contribution in [3.8, 4) is 0 Å². The largest absolute Gasteiger partial charge is 0.472 e. The van der Waals surface area contributed by atoms with Crippen molar-refractivity contribution in [2.45, 2.75) is 85.5 Å². The second-order valence-corrected chi connectivity index (χ2v) is 11.6. The van der Waals surface area contributed by atoms with Gasteiger partial charge in [-0.2, -0.15) is 8.42 Å². The van der Waals surface area contributed by atoms with Gasteiger partial charge in [-0.25, -0.2) is 4.18 Å². The van der Waals surface area contributed by atoms with Gasteiger partial charge in [-0.3, -0.25) is 4.55 Å². The maximum Gasteiger partial charge on any atom is 0.397 e. The predicted molar refractivity (Wildman–Crippen MR) is 123 cm³/mol. The predicted octanol–water partition coefficient (Wildman–Crippen LogP) is 6.62. The van der Waals surface area contributed by atoms with Crippen LogP contribution in [0.2, 0.25) is 0 Å². The van der Waals surface area contributed by atoms with Crippen LogP contribution in [0.25, 0.3) is 0 Å². The van der Waals surface area contributed by atoms with Crippen LogP contribution >= 0.6 is 0 Å². The maximum absolute atomic E-state index is 11.2. The molecular formula is C25H40O5S. The summed E-state index contributed by atoms with van der Waals surface area (Å²) in [6.45, 7) is 9.67. The van der Waals surface area contributed by atoms with Crippen LogP contribution in [0, 0.1) is 28.6 Å². The normalized spacial score (nSPS) is 32.4. The first kappa shape index (κ1) is 24.5. The highest BCUT2D eigenvalue weighted by atomic mass is 32.3. The van der Waals surface area contributed by atoms with Crippen molar-refractivity contribution in [1.82, 2.24) is 0 Å². The van der Waals surface area contributed by atoms with E-state index in [0.29, 0.717) is 11.8 Å². The van der Waals surface area contributed by atoms with Gasteiger partial charge in [-0.05, 0) is 105 Å². The molecule has 176 valence electrons. The molecule has 0 aromatic carbocycles. The lowest BCUT2D eigenvalue weighted by Crippen LogP contribution is -2.49. The molecule has 1 N–H and O–H groups in total. The summed E-state index contributed by atoms with van der Waals surface area (Å²) in [6.07, 6.45) is 15.5. The van der Waals surface area contributed by atoms with E-state index in [-0.39, 0.29) is 23.4 Å². The zero-order valence-electron chi connectivity index (χ0n) is 19.6. The van der Waals surface area contributed by atoms with Crippen molar-refractivity contribution in [1.29, 1.82) is 0 Å². The number of hydrogen-bond acceptors (Lipinski definition) is 4. The van der Waals surface area contributed by atoms with Gasteiger partial charge >= 0.3 is 10.4 Å². The Kier molecular flexibility index (Phi) is 7.75. The molecule has 0 aliphatic heterocycles. The van der Waals surface area contributed by atoms with Crippen molar-refractivity contribution in [3.63, 3.8) is 0 Å². The Labute approximate surface area is 188 Å². The van der Waals surface area contributed by atoms with Gasteiger partial charge in [0.1, 0.15) is 0 Å². The lowest BCUT2D eigenvalue weighted by Gasteiger charge is -2.58. The van der Waals surface area contributed by atoms with Crippen LogP contribution in [0.4, 0.5) is 0 Å². The van der Waals surface area contributed by atoms with Crippen molar-refractivity contribution < 1.29 is 21.6 Å². The van der Waals surface area contributed by atoms with Gasteiger partial charge in [0.05, 0.1) is 19.1 Å². The van der Waals surface area contributed by atoms with E-state index in [0.717, 1.165) is 44.1 Å². The monoisotopic (exact) mass is 452 g/mol. The zero-order chi connectivity index (χ0) is 22.7. The third kappa shape index (κ3) is 5.82. The highest BCUT2D eigenvalue weighted by molar-refractivity contribution is 7.80. The Morgan fingerprint density at radius 2 is 2.06 bits per heavy atom. The van der Waals surface area contributed by atoms with E-state index in [2.05, 4.69) is 33.8 Å². The molecule has 5 nitrogen and oxygen atoms in total. The second-order valence-electron chi connectivity index (χ2n) is 10.5. The summed E-state index contributed by atoms with van der Waals surface area (Å²) in [5, 5.41) is 0. The highest BCUT2D eigenvalue weighted by Crippen LogP contribution is 2.62. The minimum atomic E-state index is -4.42. The topological polar surface area (TPSA) is 76.7 Å². The van der Waals surface area contributed by atoms with E-state index in [9.17, 15) is 8.42 Å². The molecule has 0 spiro atoms. The molecule has 1 saturated carbocycles. The smallest absolute Gasteiger partial charge is 0.397 e. The Balaban J connectivity index is 1.67. The fraction of sp³-hybridized carbons (Fsp3) is 0.760. The summed E-state index contributed by atoms with van der Waals surface area (Å²) in [7, 11) is -4.42. The molecule has 6 heteroatoms. The fourth-order valence-corrected chi connectivity index (χ4v) is 6.73. The first-order chi connectivity index (χ1) is 14.5. The van der Waals surface area contributed by atoms with Crippen LogP contribution < -0.4 is 0 Å². The van der Waals surface area contributed by atoms with Crippen LogP contribution in [-0.2, 0) is 21.0 Å². The van der Waals surface area contributed by atoms with Crippen molar-refractivity contribution in [2.75, 3.05) is 6.61 Å².